The molecular formula is C21H21N5O3S. The first kappa shape index (κ1) is 20.0. The molecule has 154 valence electrons. The zero-order valence-corrected chi connectivity index (χ0v) is 17.3. The zero-order chi connectivity index (χ0) is 21.1. The maximum Gasteiger partial charge on any atom is 0.270 e. The van der Waals surface area contributed by atoms with Crippen molar-refractivity contribution in [3.05, 3.63) is 81.2 Å². The Morgan fingerprint density at radius 3 is 2.57 bits per heavy atom. The first-order valence-corrected chi connectivity index (χ1v) is 10.4. The average Bonchev–Trinajstić information content (AvgIpc) is 3.23. The van der Waals surface area contributed by atoms with E-state index in [1.165, 1.54) is 34.8 Å². The molecule has 0 aliphatic carbocycles. The van der Waals surface area contributed by atoms with Crippen molar-refractivity contribution in [1.29, 1.82) is 0 Å². The standard InChI is InChI=1S/C21H21N5O3S/c1-15-5-7-16(8-6-15)13-19-22-21(30-23-19)25-11-9-24(10-12-25)20(27)17-3-2-4-18(14-17)26(28)29/h2-8,14H,9-13H2,1H3. The summed E-state index contributed by atoms with van der Waals surface area (Å²) in [5, 5.41) is 11.8. The van der Waals surface area contributed by atoms with Crippen molar-refractivity contribution in [2.24, 2.45) is 0 Å². The van der Waals surface area contributed by atoms with Crippen LogP contribution in [0.4, 0.5) is 10.8 Å². The Hall–Kier alpha value is -3.33. The van der Waals surface area contributed by atoms with Crippen LogP contribution in [0.25, 0.3) is 0 Å². The number of piperazine rings is 1. The fourth-order valence-corrected chi connectivity index (χ4v) is 4.11. The van der Waals surface area contributed by atoms with Crippen molar-refractivity contribution in [3.8, 4) is 0 Å². The molecule has 0 bridgehead atoms. The smallest absolute Gasteiger partial charge is 0.270 e. The van der Waals surface area contributed by atoms with E-state index in [0.717, 1.165) is 11.0 Å². The Morgan fingerprint density at radius 2 is 1.87 bits per heavy atom. The summed E-state index contributed by atoms with van der Waals surface area (Å²) in [6.07, 6.45) is 0.696. The van der Waals surface area contributed by atoms with Gasteiger partial charge in [0.1, 0.15) is 5.82 Å². The van der Waals surface area contributed by atoms with E-state index in [9.17, 15) is 14.9 Å². The summed E-state index contributed by atoms with van der Waals surface area (Å²) in [6, 6.07) is 14.2. The number of nitro groups is 1. The monoisotopic (exact) mass is 423 g/mol. The largest absolute Gasteiger partial charge is 0.343 e. The second kappa shape index (κ2) is 8.58. The highest BCUT2D eigenvalue weighted by molar-refractivity contribution is 7.09. The summed E-state index contributed by atoms with van der Waals surface area (Å²) in [7, 11) is 0. The molecule has 0 atom stereocenters. The van der Waals surface area contributed by atoms with Crippen LogP contribution in [0, 0.1) is 17.0 Å². The van der Waals surface area contributed by atoms with Gasteiger partial charge in [-0.3, -0.25) is 14.9 Å². The summed E-state index contributed by atoms with van der Waals surface area (Å²) >= 11 is 1.38. The van der Waals surface area contributed by atoms with Gasteiger partial charge in [0.2, 0.25) is 5.13 Å². The number of non-ortho nitro benzene ring substituents is 1. The molecule has 1 saturated heterocycles. The fourth-order valence-electron chi connectivity index (χ4n) is 3.37. The summed E-state index contributed by atoms with van der Waals surface area (Å²) in [4.78, 5) is 31.7. The Kier molecular flexibility index (Phi) is 5.71. The van der Waals surface area contributed by atoms with Gasteiger partial charge < -0.3 is 9.80 Å². The normalized spacial score (nSPS) is 14.0. The quantitative estimate of drug-likeness (QED) is 0.462. The van der Waals surface area contributed by atoms with Crippen LogP contribution in [0.3, 0.4) is 0 Å². The Bertz CT molecular complexity index is 1060. The van der Waals surface area contributed by atoms with E-state index in [0.29, 0.717) is 38.2 Å². The van der Waals surface area contributed by atoms with Crippen LogP contribution in [-0.4, -0.2) is 51.3 Å². The topological polar surface area (TPSA) is 92.5 Å². The van der Waals surface area contributed by atoms with Gasteiger partial charge in [0.15, 0.2) is 0 Å². The van der Waals surface area contributed by atoms with Crippen molar-refractivity contribution in [2.45, 2.75) is 13.3 Å². The molecule has 1 fully saturated rings. The predicted octanol–water partition coefficient (Wildman–Crippen LogP) is 3.31. The van der Waals surface area contributed by atoms with Gasteiger partial charge in [-0.05, 0) is 18.6 Å². The number of nitro benzene ring substituents is 1. The SMILES string of the molecule is Cc1ccc(Cc2nsc(N3CCN(C(=O)c4cccc([N+](=O)[O-])c4)CC3)n2)cc1. The molecular weight excluding hydrogens is 402 g/mol. The van der Waals surface area contributed by atoms with Crippen molar-refractivity contribution in [2.75, 3.05) is 31.1 Å². The van der Waals surface area contributed by atoms with Crippen molar-refractivity contribution < 1.29 is 9.72 Å². The van der Waals surface area contributed by atoms with Crippen LogP contribution in [0.5, 0.6) is 0 Å². The van der Waals surface area contributed by atoms with Crippen LogP contribution >= 0.6 is 11.5 Å². The number of carbonyl (C=O) groups is 1. The molecule has 1 aliphatic rings. The number of nitrogens with zero attached hydrogens (tertiary/aromatic N) is 5. The van der Waals surface area contributed by atoms with Gasteiger partial charge in [-0.1, -0.05) is 35.9 Å². The van der Waals surface area contributed by atoms with Gasteiger partial charge in [-0.2, -0.15) is 4.37 Å². The molecule has 30 heavy (non-hydrogen) atoms. The molecule has 1 aromatic heterocycles. The van der Waals surface area contributed by atoms with E-state index in [2.05, 4.69) is 45.4 Å². The van der Waals surface area contributed by atoms with E-state index in [1.807, 2.05) is 0 Å². The van der Waals surface area contributed by atoms with E-state index >= 15 is 0 Å². The first-order chi connectivity index (χ1) is 14.5. The highest BCUT2D eigenvalue weighted by Gasteiger charge is 2.25. The first-order valence-electron chi connectivity index (χ1n) is 9.66. The molecule has 2 aromatic carbocycles. The van der Waals surface area contributed by atoms with Gasteiger partial charge in [-0.15, -0.1) is 0 Å². The number of aromatic nitrogens is 2. The van der Waals surface area contributed by atoms with Gasteiger partial charge >= 0.3 is 0 Å². The van der Waals surface area contributed by atoms with Crippen LogP contribution in [-0.2, 0) is 6.42 Å². The molecule has 0 radical (unpaired) electrons. The lowest BCUT2D eigenvalue weighted by molar-refractivity contribution is -0.384. The average molecular weight is 423 g/mol. The number of carbonyl (C=O) groups excluding carboxylic acids is 1. The van der Waals surface area contributed by atoms with Crippen LogP contribution < -0.4 is 4.90 Å². The third-order valence-corrected chi connectivity index (χ3v) is 5.90. The van der Waals surface area contributed by atoms with Gasteiger partial charge in [0.05, 0.1) is 4.92 Å². The highest BCUT2D eigenvalue weighted by Crippen LogP contribution is 2.22. The number of benzene rings is 2. The molecule has 9 heteroatoms. The highest BCUT2D eigenvalue weighted by atomic mass is 32.1. The predicted molar refractivity (Wildman–Crippen MR) is 115 cm³/mol. The third kappa shape index (κ3) is 4.46. The van der Waals surface area contributed by atoms with Crippen LogP contribution in [0.15, 0.2) is 48.5 Å². The molecule has 0 unspecified atom stereocenters. The maximum absolute atomic E-state index is 12.7. The molecule has 0 saturated carbocycles. The number of aryl methyl sites for hydroxylation is 1. The summed E-state index contributed by atoms with van der Waals surface area (Å²) in [5.41, 5.74) is 2.67. The molecule has 2 heterocycles. The lowest BCUT2D eigenvalue weighted by atomic mass is 10.1. The lowest BCUT2D eigenvalue weighted by Gasteiger charge is -2.34. The minimum atomic E-state index is -0.488. The molecule has 8 nitrogen and oxygen atoms in total. The molecule has 3 aromatic rings. The van der Waals surface area contributed by atoms with E-state index in [-0.39, 0.29) is 11.6 Å². The number of amides is 1. The Labute approximate surface area is 178 Å². The minimum absolute atomic E-state index is 0.0746. The van der Waals surface area contributed by atoms with E-state index in [4.69, 9.17) is 0 Å². The number of anilines is 1. The maximum atomic E-state index is 12.7. The number of hydrogen-bond donors (Lipinski definition) is 0. The second-order valence-corrected chi connectivity index (χ2v) is 7.97. The van der Waals surface area contributed by atoms with E-state index in [1.54, 1.807) is 17.0 Å². The Morgan fingerprint density at radius 1 is 1.13 bits per heavy atom. The summed E-state index contributed by atoms with van der Waals surface area (Å²) in [6.45, 7) is 4.44. The molecule has 0 N–H and O–H groups in total. The molecule has 0 spiro atoms. The number of rotatable bonds is 5. The van der Waals surface area contributed by atoms with Crippen molar-refractivity contribution in [1.82, 2.24) is 14.3 Å². The van der Waals surface area contributed by atoms with Crippen LogP contribution in [0.2, 0.25) is 0 Å². The van der Waals surface area contributed by atoms with Gasteiger partial charge in [-0.25, -0.2) is 4.98 Å². The summed E-state index contributed by atoms with van der Waals surface area (Å²) in [5.74, 6) is 0.615. The second-order valence-electron chi connectivity index (χ2n) is 7.24. The van der Waals surface area contributed by atoms with Crippen LogP contribution in [0.1, 0.15) is 27.3 Å². The van der Waals surface area contributed by atoms with Gasteiger partial charge in [0, 0.05) is 61.8 Å². The molecule has 1 aliphatic heterocycles. The minimum Gasteiger partial charge on any atom is -0.343 e. The van der Waals surface area contributed by atoms with E-state index < -0.39 is 4.92 Å². The van der Waals surface area contributed by atoms with Gasteiger partial charge in [0.25, 0.3) is 11.6 Å². The zero-order valence-electron chi connectivity index (χ0n) is 16.5. The van der Waals surface area contributed by atoms with Crippen molar-refractivity contribution in [3.63, 3.8) is 0 Å². The van der Waals surface area contributed by atoms with Crippen molar-refractivity contribution >= 4 is 28.3 Å². The number of hydrogen-bond acceptors (Lipinski definition) is 7. The molecule has 1 amide bonds. The summed E-state index contributed by atoms with van der Waals surface area (Å²) < 4.78 is 4.48. The molecule has 4 rings (SSSR count). The Balaban J connectivity index is 1.36. The third-order valence-electron chi connectivity index (χ3n) is 5.08. The lowest BCUT2D eigenvalue weighted by Crippen LogP contribution is -2.48. The fraction of sp³-hybridized carbons (Fsp3) is 0.286.